The molecule has 0 fully saturated rings. The summed E-state index contributed by atoms with van der Waals surface area (Å²) in [5.74, 6) is 0. The first-order valence-electron chi connectivity index (χ1n) is 8.09. The van der Waals surface area contributed by atoms with Gasteiger partial charge in [-0.2, -0.15) is 0 Å². The Balaban J connectivity index is 2.49. The number of alkyl halides is 1. The van der Waals surface area contributed by atoms with Gasteiger partial charge in [-0.25, -0.2) is 4.39 Å². The summed E-state index contributed by atoms with van der Waals surface area (Å²) in [7, 11) is 0. The van der Waals surface area contributed by atoms with Gasteiger partial charge in [0.25, 0.3) is 0 Å². The highest BCUT2D eigenvalue weighted by atomic mass is 19.1. The van der Waals surface area contributed by atoms with Crippen LogP contribution in [0.2, 0.25) is 0 Å². The van der Waals surface area contributed by atoms with E-state index in [1.54, 1.807) is 6.92 Å². The standard InChI is InChI=1S/C21H27F/c1-7-19-20(5,8-2)14-13-18(21(19,6)22)17-11-9-16(10-12-17)15(3)4/h7,9-13H,3,8,14H2,1-2,4-6H3/b19-7+. The number of rotatable bonds is 3. The lowest BCUT2D eigenvalue weighted by molar-refractivity contribution is 0.230. The van der Waals surface area contributed by atoms with Gasteiger partial charge in [0.05, 0.1) is 0 Å². The predicted octanol–water partition coefficient (Wildman–Crippen LogP) is 6.60. The maximum Gasteiger partial charge on any atom is 0.155 e. The summed E-state index contributed by atoms with van der Waals surface area (Å²) in [5, 5.41) is 0. The molecule has 2 atom stereocenters. The van der Waals surface area contributed by atoms with Crippen LogP contribution >= 0.6 is 0 Å². The summed E-state index contributed by atoms with van der Waals surface area (Å²) in [5.41, 5.74) is 3.29. The van der Waals surface area contributed by atoms with Crippen LogP contribution in [0.25, 0.3) is 11.1 Å². The highest BCUT2D eigenvalue weighted by Crippen LogP contribution is 2.52. The summed E-state index contributed by atoms with van der Waals surface area (Å²) in [6, 6.07) is 8.07. The van der Waals surface area contributed by atoms with Gasteiger partial charge >= 0.3 is 0 Å². The highest BCUT2D eigenvalue weighted by Gasteiger charge is 2.45. The molecule has 0 amide bonds. The Morgan fingerprint density at radius 2 is 1.86 bits per heavy atom. The summed E-state index contributed by atoms with van der Waals surface area (Å²) >= 11 is 0. The van der Waals surface area contributed by atoms with Crippen molar-refractivity contribution in [1.29, 1.82) is 0 Å². The Labute approximate surface area is 134 Å². The predicted molar refractivity (Wildman–Crippen MR) is 95.4 cm³/mol. The summed E-state index contributed by atoms with van der Waals surface area (Å²) in [6.45, 7) is 13.9. The van der Waals surface area contributed by atoms with Crippen molar-refractivity contribution < 1.29 is 4.39 Å². The van der Waals surface area contributed by atoms with Crippen LogP contribution in [-0.2, 0) is 0 Å². The number of benzene rings is 1. The minimum atomic E-state index is -1.41. The maximum atomic E-state index is 15.7. The zero-order chi connectivity index (χ0) is 16.5. The zero-order valence-electron chi connectivity index (χ0n) is 14.5. The van der Waals surface area contributed by atoms with Crippen LogP contribution in [0.15, 0.2) is 48.6 Å². The average Bonchev–Trinajstić information content (AvgIpc) is 2.47. The topological polar surface area (TPSA) is 0 Å². The number of halogens is 1. The van der Waals surface area contributed by atoms with Gasteiger partial charge in [-0.1, -0.05) is 62.4 Å². The van der Waals surface area contributed by atoms with Crippen LogP contribution in [-0.4, -0.2) is 5.67 Å². The molecular formula is C21H27F. The minimum Gasteiger partial charge on any atom is -0.234 e. The lowest BCUT2D eigenvalue weighted by Crippen LogP contribution is -2.37. The first kappa shape index (κ1) is 16.7. The first-order chi connectivity index (χ1) is 10.3. The molecule has 1 heteroatoms. The molecule has 1 aromatic carbocycles. The van der Waals surface area contributed by atoms with Gasteiger partial charge < -0.3 is 0 Å². The van der Waals surface area contributed by atoms with E-state index >= 15 is 4.39 Å². The van der Waals surface area contributed by atoms with Crippen LogP contribution in [0.5, 0.6) is 0 Å². The maximum absolute atomic E-state index is 15.7. The Hall–Kier alpha value is -1.63. The normalized spacial score (nSPS) is 30.3. The molecular weight excluding hydrogens is 271 g/mol. The minimum absolute atomic E-state index is 0.0839. The van der Waals surface area contributed by atoms with Crippen molar-refractivity contribution in [1.82, 2.24) is 0 Å². The molecule has 0 nitrogen and oxygen atoms in total. The smallest absolute Gasteiger partial charge is 0.155 e. The van der Waals surface area contributed by atoms with Crippen LogP contribution < -0.4 is 0 Å². The molecule has 0 spiro atoms. The van der Waals surface area contributed by atoms with E-state index in [-0.39, 0.29) is 5.41 Å². The Morgan fingerprint density at radius 3 is 2.32 bits per heavy atom. The van der Waals surface area contributed by atoms with Gasteiger partial charge in [0, 0.05) is 0 Å². The van der Waals surface area contributed by atoms with E-state index < -0.39 is 5.67 Å². The van der Waals surface area contributed by atoms with Gasteiger partial charge in [-0.15, -0.1) is 0 Å². The van der Waals surface area contributed by atoms with Crippen LogP contribution in [0.3, 0.4) is 0 Å². The molecule has 0 bridgehead atoms. The van der Waals surface area contributed by atoms with Crippen molar-refractivity contribution >= 4 is 11.1 Å². The molecule has 0 radical (unpaired) electrons. The third kappa shape index (κ3) is 2.69. The molecule has 22 heavy (non-hydrogen) atoms. The molecule has 1 aromatic rings. The van der Waals surface area contributed by atoms with E-state index in [1.165, 1.54) is 0 Å². The van der Waals surface area contributed by atoms with Crippen molar-refractivity contribution in [2.24, 2.45) is 5.41 Å². The Bertz CT molecular complexity index is 628. The Morgan fingerprint density at radius 1 is 1.27 bits per heavy atom. The van der Waals surface area contributed by atoms with Crippen LogP contribution in [0.4, 0.5) is 4.39 Å². The second-order valence-corrected chi connectivity index (χ2v) is 6.80. The van der Waals surface area contributed by atoms with Crippen molar-refractivity contribution in [2.45, 2.75) is 53.1 Å². The molecule has 118 valence electrons. The number of hydrogen-bond acceptors (Lipinski definition) is 0. The number of hydrogen-bond donors (Lipinski definition) is 0. The van der Waals surface area contributed by atoms with Crippen LogP contribution in [0, 0.1) is 5.41 Å². The molecule has 2 rings (SSSR count). The van der Waals surface area contributed by atoms with E-state index in [1.807, 2.05) is 44.2 Å². The summed E-state index contributed by atoms with van der Waals surface area (Å²) < 4.78 is 15.7. The second-order valence-electron chi connectivity index (χ2n) is 6.80. The van der Waals surface area contributed by atoms with E-state index in [0.717, 1.165) is 40.7 Å². The van der Waals surface area contributed by atoms with E-state index in [9.17, 15) is 0 Å². The van der Waals surface area contributed by atoms with Crippen molar-refractivity contribution in [3.63, 3.8) is 0 Å². The Kier molecular flexibility index (Phi) is 4.47. The monoisotopic (exact) mass is 298 g/mol. The number of allylic oxidation sites excluding steroid dienone is 5. The van der Waals surface area contributed by atoms with Crippen LogP contribution in [0.1, 0.15) is 58.6 Å². The molecule has 0 heterocycles. The van der Waals surface area contributed by atoms with Gasteiger partial charge in [0.1, 0.15) is 0 Å². The van der Waals surface area contributed by atoms with E-state index in [4.69, 9.17) is 0 Å². The fourth-order valence-corrected chi connectivity index (χ4v) is 3.62. The summed E-state index contributed by atoms with van der Waals surface area (Å²) in [4.78, 5) is 0. The largest absolute Gasteiger partial charge is 0.234 e. The molecule has 0 aromatic heterocycles. The fraction of sp³-hybridized carbons (Fsp3) is 0.429. The first-order valence-corrected chi connectivity index (χ1v) is 8.09. The summed E-state index contributed by atoms with van der Waals surface area (Å²) in [6.07, 6.45) is 5.90. The molecule has 1 aliphatic carbocycles. The zero-order valence-corrected chi connectivity index (χ0v) is 14.5. The SMILES string of the molecule is C=C(C)c1ccc(C2=CCC(C)(CC)/C(=C\C)C2(C)F)cc1. The van der Waals surface area contributed by atoms with Crippen molar-refractivity contribution in [2.75, 3.05) is 0 Å². The van der Waals surface area contributed by atoms with E-state index in [0.29, 0.717) is 0 Å². The van der Waals surface area contributed by atoms with Gasteiger partial charge in [-0.3, -0.25) is 0 Å². The fourth-order valence-electron chi connectivity index (χ4n) is 3.62. The van der Waals surface area contributed by atoms with Gasteiger partial charge in [0.2, 0.25) is 0 Å². The lowest BCUT2D eigenvalue weighted by atomic mass is 9.64. The third-order valence-electron chi connectivity index (χ3n) is 5.18. The second kappa shape index (κ2) is 5.87. The average molecular weight is 298 g/mol. The third-order valence-corrected chi connectivity index (χ3v) is 5.18. The molecule has 0 aliphatic heterocycles. The van der Waals surface area contributed by atoms with Gasteiger partial charge in [0.15, 0.2) is 5.67 Å². The molecule has 0 saturated heterocycles. The molecule has 0 saturated carbocycles. The van der Waals surface area contributed by atoms with E-state index in [2.05, 4.69) is 26.5 Å². The highest BCUT2D eigenvalue weighted by molar-refractivity contribution is 5.78. The van der Waals surface area contributed by atoms with Crippen molar-refractivity contribution in [3.8, 4) is 0 Å². The molecule has 2 unspecified atom stereocenters. The molecule has 1 aliphatic rings. The quantitative estimate of drug-likeness (QED) is 0.552. The molecule has 0 N–H and O–H groups in total. The van der Waals surface area contributed by atoms with Crippen molar-refractivity contribution in [3.05, 3.63) is 59.7 Å². The lowest BCUT2D eigenvalue weighted by Gasteiger charge is -2.43. The van der Waals surface area contributed by atoms with Gasteiger partial charge in [-0.05, 0) is 61.3 Å².